The number of fused-ring (bicyclic) bond motifs is 2. The number of piperidine rings is 2. The lowest BCUT2D eigenvalue weighted by Crippen LogP contribution is -2.63. The van der Waals surface area contributed by atoms with Crippen molar-refractivity contribution >= 4 is 6.09 Å². The Kier molecular flexibility index (Phi) is 8.35. The lowest BCUT2D eigenvalue weighted by molar-refractivity contribution is -0.0802. The minimum Gasteiger partial charge on any atom is -0.488 e. The molecule has 2 bridgehead atoms. The van der Waals surface area contributed by atoms with Crippen LogP contribution < -0.4 is 15.2 Å². The molecule has 4 heterocycles. The second kappa shape index (κ2) is 12.4. The molecule has 0 aliphatic carbocycles. The first-order chi connectivity index (χ1) is 21.6. The first-order valence-electron chi connectivity index (χ1n) is 15.2. The first-order valence-corrected chi connectivity index (χ1v) is 15.2. The number of alkyl halides is 1. The molecule has 0 saturated carbocycles. The van der Waals surface area contributed by atoms with Gasteiger partial charge in [-0.25, -0.2) is 14.0 Å². The SMILES string of the molecule is Cn1cc(-c2ccc(-c3ccc(O[C@@H]4C[C@@H]5CCC[C@@H]([C@@H]4F)N5C(=O)OC(C)(C)C)nn3)c(OCc3ccccc3)c2)oc1=O. The van der Waals surface area contributed by atoms with Crippen LogP contribution in [-0.2, 0) is 18.4 Å². The van der Waals surface area contributed by atoms with Crippen LogP contribution in [0.2, 0.25) is 0 Å². The van der Waals surface area contributed by atoms with Crippen LogP contribution in [0.3, 0.4) is 0 Å². The van der Waals surface area contributed by atoms with E-state index in [0.717, 1.165) is 18.4 Å². The van der Waals surface area contributed by atoms with Gasteiger partial charge in [-0.2, -0.15) is 0 Å². The minimum atomic E-state index is -1.39. The Morgan fingerprint density at radius 3 is 2.56 bits per heavy atom. The van der Waals surface area contributed by atoms with Gasteiger partial charge in [-0.15, -0.1) is 10.2 Å². The average molecular weight is 617 g/mol. The highest BCUT2D eigenvalue weighted by Gasteiger charge is 2.50. The Morgan fingerprint density at radius 1 is 1.07 bits per heavy atom. The van der Waals surface area contributed by atoms with Crippen LogP contribution in [0, 0.1) is 0 Å². The number of carbonyl (C=O) groups is 1. The highest BCUT2D eigenvalue weighted by Crippen LogP contribution is 2.39. The number of aromatic nitrogens is 3. The number of halogens is 1. The predicted molar refractivity (Wildman–Crippen MR) is 165 cm³/mol. The van der Waals surface area contributed by atoms with Crippen molar-refractivity contribution < 1.29 is 27.8 Å². The quantitative estimate of drug-likeness (QED) is 0.237. The number of hydrogen-bond donors (Lipinski definition) is 0. The van der Waals surface area contributed by atoms with Gasteiger partial charge in [-0.3, -0.25) is 9.47 Å². The van der Waals surface area contributed by atoms with E-state index in [1.807, 2.05) is 42.5 Å². The van der Waals surface area contributed by atoms with Gasteiger partial charge in [0.25, 0.3) is 0 Å². The lowest BCUT2D eigenvalue weighted by Gasteiger charge is -2.49. The van der Waals surface area contributed by atoms with Crippen LogP contribution in [0.25, 0.3) is 22.6 Å². The maximum Gasteiger partial charge on any atom is 0.419 e. The van der Waals surface area contributed by atoms with Crippen molar-refractivity contribution in [2.45, 2.75) is 83.0 Å². The summed E-state index contributed by atoms with van der Waals surface area (Å²) in [6.45, 7) is 5.73. The Balaban J connectivity index is 1.21. The normalized spacial score (nSPS) is 21.3. The summed E-state index contributed by atoms with van der Waals surface area (Å²) in [5, 5.41) is 8.66. The van der Waals surface area contributed by atoms with E-state index < -0.39 is 35.8 Å². The topological polar surface area (TPSA) is 109 Å². The van der Waals surface area contributed by atoms with Crippen molar-refractivity contribution in [3.8, 4) is 34.2 Å². The van der Waals surface area contributed by atoms with Crippen LogP contribution in [0.4, 0.5) is 9.18 Å². The molecule has 2 aliphatic rings. The maximum atomic E-state index is 15.8. The standard InChI is InChI=1S/C34H37FN4O6/c1-34(2,3)45-33(41)39-23-11-8-12-26(39)31(35)28(18-23)43-30-16-15-25(36-37-30)24-14-13-22(29-19-38(4)32(40)44-29)17-27(24)42-20-21-9-6-5-7-10-21/h5-7,9-10,13-17,19,23,26,28,31H,8,11-12,18,20H2,1-4H3/t23-,26-,28+,31-/m0/s1. The van der Waals surface area contributed by atoms with Crippen LogP contribution in [0.5, 0.6) is 11.6 Å². The van der Waals surface area contributed by atoms with E-state index >= 15 is 4.39 Å². The van der Waals surface area contributed by atoms with Crippen LogP contribution in [0.15, 0.2) is 76.1 Å². The van der Waals surface area contributed by atoms with Gasteiger partial charge < -0.3 is 18.6 Å². The fraction of sp³-hybridized carbons (Fsp3) is 0.412. The highest BCUT2D eigenvalue weighted by atomic mass is 19.1. The molecule has 2 fully saturated rings. The summed E-state index contributed by atoms with van der Waals surface area (Å²) in [5.41, 5.74) is 2.20. The Labute approximate surface area is 260 Å². The third-order valence-corrected chi connectivity index (χ3v) is 8.11. The molecule has 2 aliphatic heterocycles. The van der Waals surface area contributed by atoms with Crippen molar-refractivity contribution in [1.82, 2.24) is 19.7 Å². The molecule has 1 amide bonds. The fourth-order valence-corrected chi connectivity index (χ4v) is 5.99. The number of benzene rings is 2. The van der Waals surface area contributed by atoms with Gasteiger partial charge in [0.15, 0.2) is 11.9 Å². The number of rotatable bonds is 7. The Bertz CT molecular complexity index is 1700. The van der Waals surface area contributed by atoms with E-state index in [-0.39, 0.29) is 11.9 Å². The van der Waals surface area contributed by atoms with E-state index in [0.29, 0.717) is 47.8 Å². The number of oxazole rings is 1. The van der Waals surface area contributed by atoms with Gasteiger partial charge in [0.2, 0.25) is 5.88 Å². The number of aryl methyl sites for hydroxylation is 1. The zero-order valence-corrected chi connectivity index (χ0v) is 25.8. The Morgan fingerprint density at radius 2 is 1.87 bits per heavy atom. The first kappa shape index (κ1) is 30.4. The summed E-state index contributed by atoms with van der Waals surface area (Å²) in [4.78, 5) is 26.4. The lowest BCUT2D eigenvalue weighted by atomic mass is 9.82. The van der Waals surface area contributed by atoms with Crippen LogP contribution in [-0.4, -0.2) is 55.7 Å². The van der Waals surface area contributed by atoms with Gasteiger partial charge in [-0.1, -0.05) is 36.4 Å². The van der Waals surface area contributed by atoms with Gasteiger partial charge in [0, 0.05) is 36.7 Å². The molecule has 0 unspecified atom stereocenters. The van der Waals surface area contributed by atoms with E-state index in [9.17, 15) is 9.59 Å². The smallest absolute Gasteiger partial charge is 0.419 e. The molecule has 236 valence electrons. The summed E-state index contributed by atoms with van der Waals surface area (Å²) in [7, 11) is 1.62. The largest absolute Gasteiger partial charge is 0.488 e. The van der Waals surface area contributed by atoms with E-state index in [2.05, 4.69) is 10.2 Å². The number of carbonyl (C=O) groups excluding carboxylic acids is 1. The number of ether oxygens (including phenoxy) is 3. The van der Waals surface area contributed by atoms with Gasteiger partial charge in [0.1, 0.15) is 24.1 Å². The molecule has 4 aromatic rings. The monoisotopic (exact) mass is 616 g/mol. The van der Waals surface area contributed by atoms with Crippen molar-refractivity contribution in [1.29, 1.82) is 0 Å². The van der Waals surface area contributed by atoms with Gasteiger partial charge in [0.05, 0.1) is 17.9 Å². The van der Waals surface area contributed by atoms with Crippen molar-refractivity contribution in [2.24, 2.45) is 7.05 Å². The predicted octanol–water partition coefficient (Wildman–Crippen LogP) is 6.33. The van der Waals surface area contributed by atoms with Crippen LogP contribution >= 0.6 is 0 Å². The number of nitrogens with zero attached hydrogens (tertiary/aromatic N) is 4. The molecule has 4 atom stereocenters. The van der Waals surface area contributed by atoms with Crippen LogP contribution in [0.1, 0.15) is 52.0 Å². The molecule has 2 aromatic heterocycles. The zero-order valence-electron chi connectivity index (χ0n) is 25.8. The molecule has 2 saturated heterocycles. The molecule has 0 radical (unpaired) electrons. The molecule has 11 heteroatoms. The summed E-state index contributed by atoms with van der Waals surface area (Å²) < 4.78 is 40.4. The molecule has 2 aromatic carbocycles. The third-order valence-electron chi connectivity index (χ3n) is 8.11. The summed E-state index contributed by atoms with van der Waals surface area (Å²) >= 11 is 0. The molecular weight excluding hydrogens is 579 g/mol. The second-order valence-corrected chi connectivity index (χ2v) is 12.6. The van der Waals surface area contributed by atoms with Gasteiger partial charge in [-0.05, 0) is 63.8 Å². The molecular formula is C34H37FN4O6. The number of amides is 1. The third kappa shape index (κ3) is 6.72. The molecule has 0 N–H and O–H groups in total. The minimum absolute atomic E-state index is 0.167. The zero-order chi connectivity index (χ0) is 31.7. The summed E-state index contributed by atoms with van der Waals surface area (Å²) in [5.74, 6) is 0.676. The van der Waals surface area contributed by atoms with Crippen molar-refractivity contribution in [2.75, 3.05) is 0 Å². The highest BCUT2D eigenvalue weighted by molar-refractivity contribution is 5.73. The Hall–Kier alpha value is -4.67. The molecule has 45 heavy (non-hydrogen) atoms. The van der Waals surface area contributed by atoms with E-state index in [1.54, 1.807) is 57.1 Å². The molecule has 0 spiro atoms. The summed E-state index contributed by atoms with van der Waals surface area (Å²) in [6, 6.07) is 17.8. The summed E-state index contributed by atoms with van der Waals surface area (Å²) in [6.07, 6.45) is 1.50. The number of hydrogen-bond acceptors (Lipinski definition) is 8. The maximum absolute atomic E-state index is 15.8. The molecule has 10 nitrogen and oxygen atoms in total. The van der Waals surface area contributed by atoms with Crippen molar-refractivity contribution in [3.63, 3.8) is 0 Å². The second-order valence-electron chi connectivity index (χ2n) is 12.6. The van der Waals surface area contributed by atoms with Crippen molar-refractivity contribution in [3.05, 3.63) is 83.0 Å². The van der Waals surface area contributed by atoms with E-state index in [4.69, 9.17) is 18.6 Å². The van der Waals surface area contributed by atoms with E-state index in [1.165, 1.54) is 4.57 Å². The fourth-order valence-electron chi connectivity index (χ4n) is 5.99. The molecule has 6 rings (SSSR count). The average Bonchev–Trinajstić information content (AvgIpc) is 3.36. The van der Waals surface area contributed by atoms with Gasteiger partial charge >= 0.3 is 11.8 Å².